The van der Waals surface area contributed by atoms with Gasteiger partial charge in [-0.15, -0.1) is 11.3 Å². The minimum atomic E-state index is -3.74. The number of fused-ring (bicyclic) bond motifs is 1. The second kappa shape index (κ2) is 8.67. The van der Waals surface area contributed by atoms with E-state index in [0.717, 1.165) is 30.5 Å². The fourth-order valence-corrected chi connectivity index (χ4v) is 5.65. The van der Waals surface area contributed by atoms with Crippen LogP contribution in [-0.4, -0.2) is 19.3 Å². The average molecular weight is 442 g/mol. The minimum Gasteiger partial charge on any atom is -0.298 e. The summed E-state index contributed by atoms with van der Waals surface area (Å²) in [7, 11) is -3.74. The fourth-order valence-electron chi connectivity index (χ4n) is 3.42. The van der Waals surface area contributed by atoms with Crippen LogP contribution in [-0.2, 0) is 29.4 Å². The maximum atomic E-state index is 12.7. The third-order valence-electron chi connectivity index (χ3n) is 5.12. The smallest absolute Gasteiger partial charge is 0.257 e. The number of carbonyl (C=O) groups is 1. The molecule has 1 aliphatic carbocycles. The predicted molar refractivity (Wildman–Crippen MR) is 118 cm³/mol. The molecule has 1 atom stereocenters. The van der Waals surface area contributed by atoms with Crippen LogP contribution < -0.4 is 10.0 Å². The predicted octanol–water partition coefficient (Wildman–Crippen LogP) is 4.00. The van der Waals surface area contributed by atoms with Gasteiger partial charge in [0.2, 0.25) is 10.0 Å². The third kappa shape index (κ3) is 4.77. The van der Waals surface area contributed by atoms with E-state index >= 15 is 0 Å². The number of aryl methyl sites for hydroxylation is 1. The number of nitrogens with zero attached hydrogens (tertiary/aromatic N) is 1. The fraction of sp³-hybridized carbons (Fsp3) is 0.273. The summed E-state index contributed by atoms with van der Waals surface area (Å²) < 4.78 is 27.9. The van der Waals surface area contributed by atoms with Crippen LogP contribution in [0.1, 0.15) is 39.8 Å². The zero-order valence-corrected chi connectivity index (χ0v) is 18.2. The van der Waals surface area contributed by atoms with Gasteiger partial charge in [0.15, 0.2) is 5.13 Å². The molecular formula is C22H23N3O3S2. The van der Waals surface area contributed by atoms with Crippen LogP contribution >= 0.6 is 11.3 Å². The Morgan fingerprint density at radius 2 is 1.97 bits per heavy atom. The quantitative estimate of drug-likeness (QED) is 0.605. The largest absolute Gasteiger partial charge is 0.298 e. The highest BCUT2D eigenvalue weighted by atomic mass is 32.2. The van der Waals surface area contributed by atoms with Gasteiger partial charge in [-0.1, -0.05) is 43.3 Å². The molecule has 0 fully saturated rings. The summed E-state index contributed by atoms with van der Waals surface area (Å²) >= 11 is 1.50. The SMILES string of the molecule is CC1CCc2nc(NC(=O)c3cccc(S(=O)(=O)NCc4ccccc4)c3)sc2C1. The maximum Gasteiger partial charge on any atom is 0.257 e. The van der Waals surface area contributed by atoms with Gasteiger partial charge >= 0.3 is 0 Å². The van der Waals surface area contributed by atoms with Crippen molar-refractivity contribution in [2.45, 2.75) is 37.6 Å². The number of anilines is 1. The summed E-state index contributed by atoms with van der Waals surface area (Å²) in [5.41, 5.74) is 2.20. The number of hydrogen-bond donors (Lipinski definition) is 2. The summed E-state index contributed by atoms with van der Waals surface area (Å²) in [4.78, 5) is 18.5. The van der Waals surface area contributed by atoms with Crippen molar-refractivity contribution in [3.63, 3.8) is 0 Å². The van der Waals surface area contributed by atoms with Gasteiger partial charge in [-0.2, -0.15) is 0 Å². The molecule has 0 saturated carbocycles. The second-order valence-electron chi connectivity index (χ2n) is 7.53. The molecule has 1 unspecified atom stereocenters. The van der Waals surface area contributed by atoms with Crippen LogP contribution in [0.5, 0.6) is 0 Å². The van der Waals surface area contributed by atoms with Gasteiger partial charge in [-0.3, -0.25) is 10.1 Å². The molecule has 4 rings (SSSR count). The Kier molecular flexibility index (Phi) is 5.99. The number of hydrogen-bond acceptors (Lipinski definition) is 5. The Hall–Kier alpha value is -2.55. The molecule has 1 aliphatic rings. The number of rotatable bonds is 6. The summed E-state index contributed by atoms with van der Waals surface area (Å²) in [6.45, 7) is 2.40. The first-order valence-corrected chi connectivity index (χ1v) is 12.1. The van der Waals surface area contributed by atoms with E-state index in [-0.39, 0.29) is 22.9 Å². The number of amides is 1. The van der Waals surface area contributed by atoms with E-state index in [1.807, 2.05) is 30.3 Å². The molecule has 2 aromatic carbocycles. The molecule has 6 nitrogen and oxygen atoms in total. The molecule has 0 radical (unpaired) electrons. The van der Waals surface area contributed by atoms with Crippen LogP contribution in [0.3, 0.4) is 0 Å². The zero-order valence-electron chi connectivity index (χ0n) is 16.6. The molecular weight excluding hydrogens is 418 g/mol. The first-order valence-electron chi connectivity index (χ1n) is 9.84. The molecule has 3 aromatic rings. The summed E-state index contributed by atoms with van der Waals surface area (Å²) in [5.74, 6) is 0.265. The van der Waals surface area contributed by atoms with Crippen LogP contribution in [0.25, 0.3) is 0 Å². The maximum absolute atomic E-state index is 12.7. The van der Waals surface area contributed by atoms with E-state index in [2.05, 4.69) is 21.9 Å². The lowest BCUT2D eigenvalue weighted by molar-refractivity contribution is 0.102. The van der Waals surface area contributed by atoms with Crippen LogP contribution in [0, 0.1) is 5.92 Å². The van der Waals surface area contributed by atoms with Gasteiger partial charge in [0.1, 0.15) is 0 Å². The van der Waals surface area contributed by atoms with Crippen molar-refractivity contribution < 1.29 is 13.2 Å². The molecule has 1 heterocycles. The van der Waals surface area contributed by atoms with E-state index in [1.165, 1.54) is 28.3 Å². The van der Waals surface area contributed by atoms with Crippen LogP contribution in [0.15, 0.2) is 59.5 Å². The van der Waals surface area contributed by atoms with Crippen molar-refractivity contribution in [2.75, 3.05) is 5.32 Å². The number of thiazole rings is 1. The third-order valence-corrected chi connectivity index (χ3v) is 7.56. The molecule has 30 heavy (non-hydrogen) atoms. The van der Waals surface area contributed by atoms with Crippen molar-refractivity contribution in [3.05, 3.63) is 76.3 Å². The van der Waals surface area contributed by atoms with Gasteiger partial charge in [0, 0.05) is 17.0 Å². The molecule has 1 aromatic heterocycles. The number of nitrogens with one attached hydrogen (secondary N) is 2. The van der Waals surface area contributed by atoms with Gasteiger partial charge in [0.05, 0.1) is 10.6 Å². The normalized spacial score (nSPS) is 16.1. The number of benzene rings is 2. The lowest BCUT2D eigenvalue weighted by Gasteiger charge is -2.15. The first kappa shape index (κ1) is 20.7. The van der Waals surface area contributed by atoms with Crippen molar-refractivity contribution in [1.82, 2.24) is 9.71 Å². The van der Waals surface area contributed by atoms with E-state index < -0.39 is 10.0 Å². The molecule has 0 aliphatic heterocycles. The molecule has 2 N–H and O–H groups in total. The highest BCUT2D eigenvalue weighted by Gasteiger charge is 2.21. The molecule has 1 amide bonds. The summed E-state index contributed by atoms with van der Waals surface area (Å²) in [6.07, 6.45) is 3.04. The standard InChI is InChI=1S/C22H23N3O3S2/c1-15-10-11-19-20(12-15)29-22(24-19)25-21(26)17-8-5-9-18(13-17)30(27,28)23-14-16-6-3-2-4-7-16/h2-9,13,15,23H,10-12,14H2,1H3,(H,24,25,26). The second-order valence-corrected chi connectivity index (χ2v) is 10.4. The number of sulfonamides is 1. The average Bonchev–Trinajstić information content (AvgIpc) is 3.14. The van der Waals surface area contributed by atoms with Crippen molar-refractivity contribution >= 4 is 32.4 Å². The minimum absolute atomic E-state index is 0.0540. The molecule has 8 heteroatoms. The Morgan fingerprint density at radius 1 is 1.17 bits per heavy atom. The lowest BCUT2D eigenvalue weighted by Crippen LogP contribution is -2.23. The highest BCUT2D eigenvalue weighted by Crippen LogP contribution is 2.32. The van der Waals surface area contributed by atoms with Gasteiger partial charge in [-0.05, 0) is 48.9 Å². The molecule has 0 bridgehead atoms. The zero-order chi connectivity index (χ0) is 21.1. The van der Waals surface area contributed by atoms with E-state index in [1.54, 1.807) is 12.1 Å². The molecule has 0 saturated heterocycles. The van der Waals surface area contributed by atoms with Gasteiger partial charge in [-0.25, -0.2) is 18.1 Å². The Bertz CT molecular complexity index is 1160. The van der Waals surface area contributed by atoms with E-state index in [9.17, 15) is 13.2 Å². The van der Waals surface area contributed by atoms with E-state index in [4.69, 9.17) is 0 Å². The van der Waals surface area contributed by atoms with Gasteiger partial charge < -0.3 is 0 Å². The molecule has 156 valence electrons. The summed E-state index contributed by atoms with van der Waals surface area (Å²) in [5, 5.41) is 3.38. The number of carbonyl (C=O) groups excluding carboxylic acids is 1. The van der Waals surface area contributed by atoms with E-state index in [0.29, 0.717) is 11.0 Å². The van der Waals surface area contributed by atoms with Crippen LogP contribution in [0.4, 0.5) is 5.13 Å². The topological polar surface area (TPSA) is 88.2 Å². The highest BCUT2D eigenvalue weighted by molar-refractivity contribution is 7.89. The molecule has 0 spiro atoms. The van der Waals surface area contributed by atoms with Gasteiger partial charge in [0.25, 0.3) is 5.91 Å². The van der Waals surface area contributed by atoms with Crippen molar-refractivity contribution in [3.8, 4) is 0 Å². The first-order chi connectivity index (χ1) is 14.4. The van der Waals surface area contributed by atoms with Crippen molar-refractivity contribution in [2.24, 2.45) is 5.92 Å². The Labute approximate surface area is 180 Å². The number of aromatic nitrogens is 1. The Balaban J connectivity index is 1.46. The lowest BCUT2D eigenvalue weighted by atomic mass is 9.93. The van der Waals surface area contributed by atoms with Crippen molar-refractivity contribution in [1.29, 1.82) is 0 Å². The Morgan fingerprint density at radius 3 is 2.77 bits per heavy atom. The van der Waals surface area contributed by atoms with Crippen LogP contribution in [0.2, 0.25) is 0 Å². The summed E-state index contributed by atoms with van der Waals surface area (Å²) in [6, 6.07) is 15.3. The monoisotopic (exact) mass is 441 g/mol.